The van der Waals surface area contributed by atoms with Crippen LogP contribution in [0.2, 0.25) is 10.0 Å². The van der Waals surface area contributed by atoms with E-state index in [1.54, 1.807) is 26.3 Å². The van der Waals surface area contributed by atoms with Crippen molar-refractivity contribution >= 4 is 29.1 Å². The maximum Gasteiger partial charge on any atom is 0.256 e. The molecule has 0 N–H and O–H groups in total. The number of carbonyl (C=O) groups excluding carboxylic acids is 1. The molecule has 1 atom stereocenters. The lowest BCUT2D eigenvalue weighted by atomic mass is 10.1. The zero-order valence-electron chi connectivity index (χ0n) is 8.25. The topological polar surface area (TPSA) is 29.5 Å². The van der Waals surface area contributed by atoms with Gasteiger partial charge >= 0.3 is 0 Å². The number of nitrogens with zero attached hydrogens (tertiary/aromatic N) is 1. The van der Waals surface area contributed by atoms with Gasteiger partial charge in [-0.2, -0.15) is 0 Å². The van der Waals surface area contributed by atoms with Gasteiger partial charge in [0.05, 0.1) is 10.0 Å². The predicted octanol–water partition coefficient (Wildman–Crippen LogP) is 2.72. The summed E-state index contributed by atoms with van der Waals surface area (Å²) in [5, 5.41) is 0.814. The molecule has 1 aromatic rings. The third-order valence-electron chi connectivity index (χ3n) is 2.48. The van der Waals surface area contributed by atoms with Gasteiger partial charge < -0.3 is 9.64 Å². The van der Waals surface area contributed by atoms with Crippen LogP contribution in [0.4, 0.5) is 0 Å². The van der Waals surface area contributed by atoms with Crippen molar-refractivity contribution in [3.05, 3.63) is 33.3 Å². The number of rotatable bonds is 1. The smallest absolute Gasteiger partial charge is 0.256 e. The first kappa shape index (κ1) is 10.7. The molecule has 1 aliphatic heterocycles. The molecule has 1 unspecified atom stereocenters. The molecule has 0 radical (unpaired) electrons. The van der Waals surface area contributed by atoms with E-state index in [1.165, 1.54) is 4.90 Å². The Morgan fingerprint density at radius 2 is 1.93 bits per heavy atom. The molecule has 0 aromatic heterocycles. The van der Waals surface area contributed by atoms with Crippen LogP contribution in [0, 0.1) is 0 Å². The van der Waals surface area contributed by atoms with E-state index in [0.717, 1.165) is 5.56 Å². The van der Waals surface area contributed by atoms with Gasteiger partial charge in [0, 0.05) is 25.3 Å². The Kier molecular flexibility index (Phi) is 2.63. The molecule has 1 amide bonds. The Hall–Kier alpha value is -0.770. The zero-order chi connectivity index (χ0) is 11.2. The summed E-state index contributed by atoms with van der Waals surface area (Å²) in [7, 11) is 3.23. The van der Waals surface area contributed by atoms with Gasteiger partial charge in [-0.15, -0.1) is 0 Å². The van der Waals surface area contributed by atoms with Crippen molar-refractivity contribution in [2.24, 2.45) is 0 Å². The molecule has 0 aliphatic carbocycles. The highest BCUT2D eigenvalue weighted by atomic mass is 35.5. The molecule has 1 aromatic carbocycles. The number of halogens is 2. The minimum atomic E-state index is -0.373. The van der Waals surface area contributed by atoms with Crippen LogP contribution in [0.1, 0.15) is 22.1 Å². The lowest BCUT2D eigenvalue weighted by Crippen LogP contribution is -2.23. The molecule has 0 fully saturated rings. The Morgan fingerprint density at radius 1 is 1.33 bits per heavy atom. The highest BCUT2D eigenvalue weighted by molar-refractivity contribution is 6.42. The number of carbonyl (C=O) groups is 1. The average molecular weight is 246 g/mol. The van der Waals surface area contributed by atoms with Crippen LogP contribution in [0.25, 0.3) is 0 Å². The molecule has 1 heterocycles. The highest BCUT2D eigenvalue weighted by Crippen LogP contribution is 2.37. The van der Waals surface area contributed by atoms with Crippen molar-refractivity contribution in [3.63, 3.8) is 0 Å². The van der Waals surface area contributed by atoms with E-state index < -0.39 is 0 Å². The largest absolute Gasteiger partial charge is 0.357 e. The third kappa shape index (κ3) is 1.51. The number of methoxy groups -OCH3 is 1. The molecule has 0 bridgehead atoms. The van der Waals surface area contributed by atoms with Crippen LogP contribution in [-0.2, 0) is 4.74 Å². The third-order valence-corrected chi connectivity index (χ3v) is 3.21. The van der Waals surface area contributed by atoms with Crippen LogP contribution in [-0.4, -0.2) is 25.0 Å². The molecule has 1 aliphatic rings. The molecule has 2 rings (SSSR count). The second kappa shape index (κ2) is 3.67. The standard InChI is InChI=1S/C10H9Cl2NO2/c1-13-9(14)5-3-7(11)8(12)4-6(5)10(13)15-2/h3-4,10H,1-2H3. The van der Waals surface area contributed by atoms with Gasteiger partial charge in [-0.05, 0) is 12.1 Å². The lowest BCUT2D eigenvalue weighted by molar-refractivity contribution is -0.000584. The highest BCUT2D eigenvalue weighted by Gasteiger charge is 2.34. The Morgan fingerprint density at radius 3 is 2.53 bits per heavy atom. The van der Waals surface area contributed by atoms with Crippen LogP contribution < -0.4 is 0 Å². The first-order valence-corrected chi connectivity index (χ1v) is 5.10. The molecule has 0 saturated heterocycles. The van der Waals surface area contributed by atoms with Crippen LogP contribution in [0.5, 0.6) is 0 Å². The van der Waals surface area contributed by atoms with Crippen molar-refractivity contribution in [2.75, 3.05) is 14.2 Å². The molecule has 0 saturated carbocycles. The van der Waals surface area contributed by atoms with E-state index in [1.807, 2.05) is 0 Å². The summed E-state index contributed by atoms with van der Waals surface area (Å²) in [4.78, 5) is 13.3. The summed E-state index contributed by atoms with van der Waals surface area (Å²) in [6.45, 7) is 0. The van der Waals surface area contributed by atoms with E-state index in [2.05, 4.69) is 0 Å². The molecule has 3 nitrogen and oxygen atoms in total. The fourth-order valence-corrected chi connectivity index (χ4v) is 2.08. The summed E-state index contributed by atoms with van der Waals surface area (Å²) < 4.78 is 5.22. The second-order valence-corrected chi connectivity index (χ2v) is 4.17. The van der Waals surface area contributed by atoms with Crippen molar-refractivity contribution in [2.45, 2.75) is 6.23 Å². The first-order chi connectivity index (χ1) is 7.06. The van der Waals surface area contributed by atoms with Crippen LogP contribution in [0.3, 0.4) is 0 Å². The van der Waals surface area contributed by atoms with E-state index in [9.17, 15) is 4.79 Å². The van der Waals surface area contributed by atoms with Crippen LogP contribution in [0.15, 0.2) is 12.1 Å². The minimum Gasteiger partial charge on any atom is -0.357 e. The van der Waals surface area contributed by atoms with Gasteiger partial charge in [0.25, 0.3) is 5.91 Å². The number of benzene rings is 1. The minimum absolute atomic E-state index is 0.101. The summed E-state index contributed by atoms with van der Waals surface area (Å²) in [5.74, 6) is -0.101. The number of amides is 1. The summed E-state index contributed by atoms with van der Waals surface area (Å²) in [6, 6.07) is 3.26. The Balaban J connectivity index is 2.61. The second-order valence-electron chi connectivity index (χ2n) is 3.36. The molecular weight excluding hydrogens is 237 g/mol. The molecule has 15 heavy (non-hydrogen) atoms. The number of ether oxygens (including phenoxy) is 1. The van der Waals surface area contributed by atoms with Gasteiger partial charge in [-0.3, -0.25) is 4.79 Å². The van der Waals surface area contributed by atoms with Crippen molar-refractivity contribution < 1.29 is 9.53 Å². The van der Waals surface area contributed by atoms with Crippen molar-refractivity contribution in [1.29, 1.82) is 0 Å². The zero-order valence-corrected chi connectivity index (χ0v) is 9.76. The van der Waals surface area contributed by atoms with Crippen molar-refractivity contribution in [1.82, 2.24) is 4.90 Å². The predicted molar refractivity (Wildman–Crippen MR) is 58.3 cm³/mol. The molecular formula is C10H9Cl2NO2. The fourth-order valence-electron chi connectivity index (χ4n) is 1.74. The van der Waals surface area contributed by atoms with Gasteiger partial charge in [0.15, 0.2) is 6.23 Å². The summed E-state index contributed by atoms with van der Waals surface area (Å²) in [5.41, 5.74) is 1.32. The van der Waals surface area contributed by atoms with Gasteiger partial charge in [-0.25, -0.2) is 0 Å². The number of hydrogen-bond acceptors (Lipinski definition) is 2. The van der Waals surface area contributed by atoms with Gasteiger partial charge in [0.1, 0.15) is 0 Å². The number of fused-ring (bicyclic) bond motifs is 1. The van der Waals surface area contributed by atoms with Crippen LogP contribution >= 0.6 is 23.2 Å². The van der Waals surface area contributed by atoms with Gasteiger partial charge in [-0.1, -0.05) is 23.2 Å². The number of hydrogen-bond donors (Lipinski definition) is 0. The molecule has 0 spiro atoms. The molecule has 5 heteroatoms. The maximum atomic E-state index is 11.8. The van der Waals surface area contributed by atoms with Gasteiger partial charge in [0.2, 0.25) is 0 Å². The van der Waals surface area contributed by atoms with Crippen molar-refractivity contribution in [3.8, 4) is 0 Å². The normalized spacial score (nSPS) is 19.6. The Labute approximate surface area is 97.5 Å². The fraction of sp³-hybridized carbons (Fsp3) is 0.300. The van der Waals surface area contributed by atoms with E-state index in [4.69, 9.17) is 27.9 Å². The monoisotopic (exact) mass is 245 g/mol. The van der Waals surface area contributed by atoms with E-state index >= 15 is 0 Å². The summed E-state index contributed by atoms with van der Waals surface area (Å²) in [6.07, 6.45) is -0.373. The maximum absolute atomic E-state index is 11.8. The SMILES string of the molecule is COC1c2cc(Cl)c(Cl)cc2C(=O)N1C. The lowest BCUT2D eigenvalue weighted by Gasteiger charge is -2.18. The van der Waals surface area contributed by atoms with E-state index in [0.29, 0.717) is 15.6 Å². The molecule has 80 valence electrons. The summed E-state index contributed by atoms with van der Waals surface area (Å²) >= 11 is 11.7. The quantitative estimate of drug-likeness (QED) is 0.762. The Bertz CT molecular complexity index is 434. The first-order valence-electron chi connectivity index (χ1n) is 4.35. The average Bonchev–Trinajstić information content (AvgIpc) is 2.42. The van der Waals surface area contributed by atoms with E-state index in [-0.39, 0.29) is 12.1 Å².